The second kappa shape index (κ2) is 12.0. The smallest absolute Gasteiger partial charge is 0.0541 e. The molecule has 10 aromatic rings. The van der Waals surface area contributed by atoms with Gasteiger partial charge in [-0.25, -0.2) is 0 Å². The number of benzene rings is 8. The van der Waals surface area contributed by atoms with E-state index in [1.165, 1.54) is 93.8 Å². The summed E-state index contributed by atoms with van der Waals surface area (Å²) in [6.07, 6.45) is 0. The summed E-state index contributed by atoms with van der Waals surface area (Å²) >= 11 is 0. The van der Waals surface area contributed by atoms with E-state index >= 15 is 0 Å². The number of nitrogens with zero attached hydrogens (tertiary/aromatic N) is 2. The lowest BCUT2D eigenvalue weighted by Gasteiger charge is -2.12. The number of aryl methyl sites for hydroxylation is 2. The number of para-hydroxylation sites is 3. The topological polar surface area (TPSA) is 9.86 Å². The molecule has 0 fully saturated rings. The minimum Gasteiger partial charge on any atom is -0.309 e. The molecule has 52 heavy (non-hydrogen) atoms. The van der Waals surface area contributed by atoms with Crippen LogP contribution in [0.3, 0.4) is 0 Å². The molecule has 0 saturated carbocycles. The summed E-state index contributed by atoms with van der Waals surface area (Å²) in [5.74, 6) is 0. The van der Waals surface area contributed by atoms with E-state index < -0.39 is 0 Å². The lowest BCUT2D eigenvalue weighted by Crippen LogP contribution is -1.94. The van der Waals surface area contributed by atoms with Gasteiger partial charge >= 0.3 is 0 Å². The first-order valence-corrected chi connectivity index (χ1v) is 18.0. The van der Waals surface area contributed by atoms with Crippen LogP contribution in [0.15, 0.2) is 182 Å². The van der Waals surface area contributed by atoms with Crippen molar-refractivity contribution in [3.8, 4) is 44.8 Å². The van der Waals surface area contributed by atoms with Gasteiger partial charge in [0.25, 0.3) is 0 Å². The quantitative estimate of drug-likeness (QED) is 0.173. The lowest BCUT2D eigenvalue weighted by atomic mass is 9.96. The van der Waals surface area contributed by atoms with Crippen LogP contribution in [-0.4, -0.2) is 9.13 Å². The van der Waals surface area contributed by atoms with Gasteiger partial charge in [0.15, 0.2) is 0 Å². The van der Waals surface area contributed by atoms with Crippen LogP contribution in [-0.2, 0) is 0 Å². The number of hydrogen-bond donors (Lipinski definition) is 0. The monoisotopic (exact) mass is 664 g/mol. The fraction of sp³-hybridized carbons (Fsp3) is 0.0400. The Balaban J connectivity index is 1.06. The van der Waals surface area contributed by atoms with Crippen LogP contribution in [0.25, 0.3) is 88.4 Å². The van der Waals surface area contributed by atoms with E-state index in [2.05, 4.69) is 205 Å². The molecule has 2 aromatic heterocycles. The van der Waals surface area contributed by atoms with Gasteiger partial charge in [0.2, 0.25) is 0 Å². The molecule has 0 amide bonds. The van der Waals surface area contributed by atoms with Gasteiger partial charge in [-0.1, -0.05) is 121 Å². The Morgan fingerprint density at radius 1 is 0.269 bits per heavy atom. The summed E-state index contributed by atoms with van der Waals surface area (Å²) in [6, 6.07) is 66.7. The van der Waals surface area contributed by atoms with E-state index in [-0.39, 0.29) is 0 Å². The summed E-state index contributed by atoms with van der Waals surface area (Å²) in [5.41, 5.74) is 17.1. The molecule has 0 unspecified atom stereocenters. The summed E-state index contributed by atoms with van der Waals surface area (Å²) in [5, 5.41) is 5.04. The van der Waals surface area contributed by atoms with E-state index in [4.69, 9.17) is 0 Å². The average molecular weight is 665 g/mol. The van der Waals surface area contributed by atoms with Crippen LogP contribution in [0.5, 0.6) is 0 Å². The first kappa shape index (κ1) is 30.2. The molecule has 2 nitrogen and oxygen atoms in total. The van der Waals surface area contributed by atoms with Gasteiger partial charge in [0.05, 0.1) is 22.1 Å². The Hall–Kier alpha value is -6.64. The first-order chi connectivity index (χ1) is 25.6. The number of fused-ring (bicyclic) bond motifs is 6. The minimum absolute atomic E-state index is 1.16. The number of rotatable bonds is 5. The van der Waals surface area contributed by atoms with Crippen molar-refractivity contribution in [3.63, 3.8) is 0 Å². The predicted molar refractivity (Wildman–Crippen MR) is 221 cm³/mol. The zero-order valence-corrected chi connectivity index (χ0v) is 29.2. The maximum absolute atomic E-state index is 2.41. The standard InChI is InChI=1S/C50H36N2/c1-33-11-10-12-36(27-33)40-29-34(2)28-39(30-40)35-19-23-42(24-20-35)52-48-18-9-7-16-44(48)46-32-38(22-26-50(46)52)37-21-25-49-45(31-37)43-15-6-8-17-47(43)51(49)41-13-4-3-5-14-41/h3-32H,1-2H3. The second-order valence-corrected chi connectivity index (χ2v) is 14.0. The lowest BCUT2D eigenvalue weighted by molar-refractivity contribution is 1.18. The highest BCUT2D eigenvalue weighted by molar-refractivity contribution is 6.12. The van der Waals surface area contributed by atoms with Crippen LogP contribution in [0.1, 0.15) is 11.1 Å². The number of hydrogen-bond acceptors (Lipinski definition) is 0. The van der Waals surface area contributed by atoms with E-state index in [0.717, 1.165) is 5.69 Å². The molecular formula is C50H36N2. The molecule has 8 aromatic carbocycles. The van der Waals surface area contributed by atoms with Gasteiger partial charge in [0.1, 0.15) is 0 Å². The summed E-state index contributed by atoms with van der Waals surface area (Å²) < 4.78 is 4.78. The van der Waals surface area contributed by atoms with Crippen molar-refractivity contribution < 1.29 is 0 Å². The maximum atomic E-state index is 2.41. The Bertz CT molecular complexity index is 2960. The fourth-order valence-corrected chi connectivity index (χ4v) is 8.18. The fourth-order valence-electron chi connectivity index (χ4n) is 8.18. The molecule has 0 aliphatic carbocycles. The average Bonchev–Trinajstić information content (AvgIpc) is 3.70. The Morgan fingerprint density at radius 2 is 0.731 bits per heavy atom. The van der Waals surface area contributed by atoms with E-state index in [1.54, 1.807) is 0 Å². The molecule has 0 N–H and O–H groups in total. The Morgan fingerprint density at radius 3 is 1.33 bits per heavy atom. The second-order valence-electron chi connectivity index (χ2n) is 14.0. The van der Waals surface area contributed by atoms with Crippen LogP contribution in [0, 0.1) is 13.8 Å². The van der Waals surface area contributed by atoms with Crippen molar-refractivity contribution in [2.45, 2.75) is 13.8 Å². The van der Waals surface area contributed by atoms with Crippen molar-refractivity contribution in [3.05, 3.63) is 193 Å². The summed E-state index contributed by atoms with van der Waals surface area (Å²) in [7, 11) is 0. The van der Waals surface area contributed by atoms with Gasteiger partial charge in [-0.3, -0.25) is 0 Å². The van der Waals surface area contributed by atoms with Crippen molar-refractivity contribution in [2.24, 2.45) is 0 Å². The van der Waals surface area contributed by atoms with Crippen molar-refractivity contribution in [1.29, 1.82) is 0 Å². The summed E-state index contributed by atoms with van der Waals surface area (Å²) in [4.78, 5) is 0. The molecule has 0 atom stereocenters. The molecule has 0 bridgehead atoms. The molecule has 0 aliphatic rings. The van der Waals surface area contributed by atoms with Gasteiger partial charge < -0.3 is 9.13 Å². The molecule has 0 spiro atoms. The highest BCUT2D eigenvalue weighted by atomic mass is 15.0. The predicted octanol–water partition coefficient (Wildman–Crippen LogP) is 13.5. The zero-order chi connectivity index (χ0) is 34.8. The van der Waals surface area contributed by atoms with Gasteiger partial charge in [-0.05, 0) is 120 Å². The van der Waals surface area contributed by atoms with Gasteiger partial charge in [0, 0.05) is 32.9 Å². The van der Waals surface area contributed by atoms with Crippen molar-refractivity contribution in [1.82, 2.24) is 9.13 Å². The molecule has 0 aliphatic heterocycles. The minimum atomic E-state index is 1.16. The summed E-state index contributed by atoms with van der Waals surface area (Å²) in [6.45, 7) is 4.34. The highest BCUT2D eigenvalue weighted by Gasteiger charge is 2.16. The largest absolute Gasteiger partial charge is 0.309 e. The molecular weight excluding hydrogens is 629 g/mol. The molecule has 2 heterocycles. The van der Waals surface area contributed by atoms with Gasteiger partial charge in [-0.2, -0.15) is 0 Å². The molecule has 246 valence electrons. The molecule has 10 rings (SSSR count). The molecule has 0 saturated heterocycles. The first-order valence-electron chi connectivity index (χ1n) is 18.0. The van der Waals surface area contributed by atoms with Crippen LogP contribution in [0.4, 0.5) is 0 Å². The SMILES string of the molecule is Cc1cccc(-c2cc(C)cc(-c3ccc(-n4c5ccccc5c5cc(-c6ccc7c(c6)c6ccccc6n7-c6ccccc6)ccc54)cc3)c2)c1. The van der Waals surface area contributed by atoms with Crippen molar-refractivity contribution in [2.75, 3.05) is 0 Å². The normalized spacial score (nSPS) is 11.7. The third kappa shape index (κ3) is 4.95. The zero-order valence-electron chi connectivity index (χ0n) is 29.2. The van der Waals surface area contributed by atoms with Crippen LogP contribution < -0.4 is 0 Å². The van der Waals surface area contributed by atoms with Crippen molar-refractivity contribution >= 4 is 43.6 Å². The molecule has 0 radical (unpaired) electrons. The molecule has 2 heteroatoms. The third-order valence-electron chi connectivity index (χ3n) is 10.6. The highest BCUT2D eigenvalue weighted by Crippen LogP contribution is 2.39. The van der Waals surface area contributed by atoms with Gasteiger partial charge in [-0.15, -0.1) is 0 Å². The Kier molecular flexibility index (Phi) is 6.97. The Labute approximate surface area is 303 Å². The van der Waals surface area contributed by atoms with Crippen LogP contribution in [0.2, 0.25) is 0 Å². The number of aromatic nitrogens is 2. The van der Waals surface area contributed by atoms with E-state index in [1.807, 2.05) is 0 Å². The maximum Gasteiger partial charge on any atom is 0.0541 e. The third-order valence-corrected chi connectivity index (χ3v) is 10.6. The van der Waals surface area contributed by atoms with E-state index in [0.29, 0.717) is 0 Å². The van der Waals surface area contributed by atoms with E-state index in [9.17, 15) is 0 Å². The van der Waals surface area contributed by atoms with Crippen LogP contribution >= 0.6 is 0 Å².